The minimum absolute atomic E-state index is 0.0508. The van der Waals surface area contributed by atoms with Crippen molar-refractivity contribution in [1.29, 1.82) is 0 Å². The number of aromatic hydroxyl groups is 1. The quantitative estimate of drug-likeness (QED) is 0.309. The molecule has 0 spiro atoms. The average Bonchev–Trinajstić information content (AvgIpc) is 2.79. The molecule has 0 atom stereocenters. The number of aryl methyl sites for hydroxylation is 1. The summed E-state index contributed by atoms with van der Waals surface area (Å²) in [5, 5.41) is 10.5. The van der Waals surface area contributed by atoms with E-state index in [1.165, 1.54) is 23.8 Å². The summed E-state index contributed by atoms with van der Waals surface area (Å²) < 4.78 is 49.4. The zero-order valence-corrected chi connectivity index (χ0v) is 18.3. The van der Waals surface area contributed by atoms with Gasteiger partial charge in [0.25, 0.3) is 0 Å². The van der Waals surface area contributed by atoms with Gasteiger partial charge in [-0.15, -0.1) is 0 Å². The van der Waals surface area contributed by atoms with Crippen LogP contribution in [0.4, 0.5) is 13.2 Å². The molecular weight excluding hydrogens is 431 g/mol. The van der Waals surface area contributed by atoms with Crippen LogP contribution in [0.2, 0.25) is 0 Å². The Balaban J connectivity index is 1.67. The SMILES string of the molecule is C=C(Oc1ccc(CC)cc1)/C(=N\C)c1ccc(OCc2ccc(C(F)(F)F)cc2)cc1O. The molecule has 33 heavy (non-hydrogen) atoms. The third-order valence-electron chi connectivity index (χ3n) is 4.97. The fourth-order valence-electron chi connectivity index (χ4n) is 3.14. The van der Waals surface area contributed by atoms with Crippen molar-refractivity contribution in [3.63, 3.8) is 0 Å². The van der Waals surface area contributed by atoms with Crippen LogP contribution >= 0.6 is 0 Å². The summed E-state index contributed by atoms with van der Waals surface area (Å²) in [6.45, 7) is 6.05. The molecule has 0 aliphatic rings. The van der Waals surface area contributed by atoms with Crippen LogP contribution in [0.5, 0.6) is 17.2 Å². The number of alkyl halides is 3. The first-order valence-corrected chi connectivity index (χ1v) is 10.3. The molecule has 3 aromatic carbocycles. The van der Waals surface area contributed by atoms with Gasteiger partial charge in [0.15, 0.2) is 0 Å². The number of halogens is 3. The standard InChI is InChI=1S/C26H24F3NO3/c1-4-18-7-11-21(12-8-18)33-17(2)25(30-3)23-14-13-22(15-24(23)31)32-16-19-5-9-20(10-6-19)26(27,28)29/h5-15,31H,2,4,16H2,1,3H3/b30-25+. The number of allylic oxidation sites excluding steroid dienone is 1. The van der Waals surface area contributed by atoms with E-state index in [4.69, 9.17) is 9.47 Å². The van der Waals surface area contributed by atoms with Crippen LogP contribution in [0.3, 0.4) is 0 Å². The van der Waals surface area contributed by atoms with Crippen molar-refractivity contribution in [1.82, 2.24) is 0 Å². The average molecular weight is 455 g/mol. The van der Waals surface area contributed by atoms with Crippen molar-refractivity contribution in [2.45, 2.75) is 26.1 Å². The zero-order chi connectivity index (χ0) is 24.0. The normalized spacial score (nSPS) is 11.8. The van der Waals surface area contributed by atoms with Crippen LogP contribution in [0.15, 0.2) is 84.1 Å². The molecule has 0 amide bonds. The van der Waals surface area contributed by atoms with E-state index < -0.39 is 11.7 Å². The molecule has 3 aromatic rings. The molecular formula is C26H24F3NO3. The van der Waals surface area contributed by atoms with Gasteiger partial charge in [-0.3, -0.25) is 4.99 Å². The number of hydrogen-bond donors (Lipinski definition) is 1. The van der Waals surface area contributed by atoms with Gasteiger partial charge in [-0.25, -0.2) is 0 Å². The van der Waals surface area contributed by atoms with Gasteiger partial charge in [-0.2, -0.15) is 13.2 Å². The molecule has 0 radical (unpaired) electrons. The van der Waals surface area contributed by atoms with Gasteiger partial charge in [0, 0.05) is 18.7 Å². The molecule has 0 heterocycles. The van der Waals surface area contributed by atoms with Crippen molar-refractivity contribution >= 4 is 5.71 Å². The van der Waals surface area contributed by atoms with Crippen LogP contribution < -0.4 is 9.47 Å². The maximum absolute atomic E-state index is 12.7. The number of phenols is 1. The lowest BCUT2D eigenvalue weighted by Gasteiger charge is -2.14. The Hall–Kier alpha value is -3.74. The summed E-state index contributed by atoms with van der Waals surface area (Å²) in [4.78, 5) is 4.20. The number of ether oxygens (including phenoxy) is 2. The molecule has 0 fully saturated rings. The number of rotatable bonds is 8. The molecule has 0 aliphatic carbocycles. The van der Waals surface area contributed by atoms with E-state index in [1.807, 2.05) is 24.3 Å². The smallest absolute Gasteiger partial charge is 0.416 e. The summed E-state index contributed by atoms with van der Waals surface area (Å²) in [5.74, 6) is 1.14. The van der Waals surface area contributed by atoms with Crippen molar-refractivity contribution in [3.8, 4) is 17.2 Å². The Morgan fingerprint density at radius 3 is 2.09 bits per heavy atom. The predicted octanol–water partition coefficient (Wildman–Crippen LogP) is 6.56. The van der Waals surface area contributed by atoms with E-state index >= 15 is 0 Å². The molecule has 0 unspecified atom stereocenters. The molecule has 172 valence electrons. The maximum atomic E-state index is 12.7. The van der Waals surface area contributed by atoms with E-state index in [0.29, 0.717) is 28.3 Å². The number of aliphatic imine (C=N–C) groups is 1. The van der Waals surface area contributed by atoms with Crippen molar-refractivity contribution in [2.75, 3.05) is 7.05 Å². The number of benzene rings is 3. The summed E-state index contributed by atoms with van der Waals surface area (Å²) in [7, 11) is 1.57. The lowest BCUT2D eigenvalue weighted by molar-refractivity contribution is -0.137. The van der Waals surface area contributed by atoms with E-state index in [0.717, 1.165) is 18.6 Å². The first kappa shape index (κ1) is 23.9. The van der Waals surface area contributed by atoms with Gasteiger partial charge in [0.2, 0.25) is 0 Å². The highest BCUT2D eigenvalue weighted by Crippen LogP contribution is 2.30. The molecule has 7 heteroatoms. The fraction of sp³-hybridized carbons (Fsp3) is 0.192. The third kappa shape index (κ3) is 6.16. The monoisotopic (exact) mass is 455 g/mol. The Kier molecular flexibility index (Phi) is 7.43. The summed E-state index contributed by atoms with van der Waals surface area (Å²) in [6, 6.07) is 17.0. The number of nitrogens with zero attached hydrogens (tertiary/aromatic N) is 1. The summed E-state index contributed by atoms with van der Waals surface area (Å²) in [5.41, 5.74) is 1.82. The second-order valence-electron chi connectivity index (χ2n) is 7.26. The lowest BCUT2D eigenvalue weighted by Crippen LogP contribution is -2.10. The third-order valence-corrected chi connectivity index (χ3v) is 4.97. The van der Waals surface area contributed by atoms with Gasteiger partial charge < -0.3 is 14.6 Å². The molecule has 0 aliphatic heterocycles. The van der Waals surface area contributed by atoms with Gasteiger partial charge in [0.05, 0.1) is 5.56 Å². The van der Waals surface area contributed by atoms with Crippen molar-refractivity contribution in [2.24, 2.45) is 4.99 Å². The van der Waals surface area contributed by atoms with Gasteiger partial charge in [-0.05, 0) is 53.9 Å². The van der Waals surface area contributed by atoms with Gasteiger partial charge >= 0.3 is 6.18 Å². The minimum Gasteiger partial charge on any atom is -0.507 e. The van der Waals surface area contributed by atoms with Crippen molar-refractivity contribution < 1.29 is 27.8 Å². The summed E-state index contributed by atoms with van der Waals surface area (Å²) in [6.07, 6.45) is -3.46. The molecule has 0 bridgehead atoms. The first-order chi connectivity index (χ1) is 15.7. The highest BCUT2D eigenvalue weighted by Gasteiger charge is 2.29. The second-order valence-corrected chi connectivity index (χ2v) is 7.26. The van der Waals surface area contributed by atoms with Crippen LogP contribution in [0.25, 0.3) is 0 Å². The van der Waals surface area contributed by atoms with Gasteiger partial charge in [0.1, 0.15) is 35.3 Å². The number of hydrogen-bond acceptors (Lipinski definition) is 4. The van der Waals surface area contributed by atoms with Gasteiger partial charge in [-0.1, -0.05) is 37.8 Å². The Labute approximate surface area is 190 Å². The zero-order valence-electron chi connectivity index (χ0n) is 18.3. The van der Waals surface area contributed by atoms with Crippen LogP contribution in [-0.2, 0) is 19.2 Å². The Morgan fingerprint density at radius 1 is 0.939 bits per heavy atom. The molecule has 0 saturated carbocycles. The van der Waals surface area contributed by atoms with E-state index in [9.17, 15) is 18.3 Å². The largest absolute Gasteiger partial charge is 0.507 e. The van der Waals surface area contributed by atoms with Crippen molar-refractivity contribution in [3.05, 3.63) is 101 Å². The van der Waals surface area contributed by atoms with Crippen LogP contribution in [0.1, 0.15) is 29.2 Å². The molecule has 3 rings (SSSR count). The number of phenolic OH excluding ortho intramolecular Hbond substituents is 1. The molecule has 0 saturated heterocycles. The van der Waals surface area contributed by atoms with Crippen LogP contribution in [0, 0.1) is 0 Å². The first-order valence-electron chi connectivity index (χ1n) is 10.3. The Morgan fingerprint density at radius 2 is 1.55 bits per heavy atom. The van der Waals surface area contributed by atoms with E-state index in [-0.39, 0.29) is 18.1 Å². The Bertz CT molecular complexity index is 1130. The molecule has 4 nitrogen and oxygen atoms in total. The highest BCUT2D eigenvalue weighted by molar-refractivity contribution is 6.12. The summed E-state index contributed by atoms with van der Waals surface area (Å²) >= 11 is 0. The van der Waals surface area contributed by atoms with E-state index in [1.54, 1.807) is 19.2 Å². The highest BCUT2D eigenvalue weighted by atomic mass is 19.4. The predicted molar refractivity (Wildman–Crippen MR) is 122 cm³/mol. The fourth-order valence-corrected chi connectivity index (χ4v) is 3.14. The van der Waals surface area contributed by atoms with Crippen LogP contribution in [-0.4, -0.2) is 17.9 Å². The van der Waals surface area contributed by atoms with E-state index in [2.05, 4.69) is 18.5 Å². The minimum atomic E-state index is -4.38. The molecule has 1 N–H and O–H groups in total. The molecule has 0 aromatic heterocycles. The maximum Gasteiger partial charge on any atom is 0.416 e. The topological polar surface area (TPSA) is 51.0 Å². The second kappa shape index (κ2) is 10.3. The lowest BCUT2D eigenvalue weighted by atomic mass is 10.1.